The molecular formula is C34H45N5O. The highest BCUT2D eigenvalue weighted by Crippen LogP contribution is 2.26. The fraction of sp³-hybridized carbons (Fsp3) is 0.471. The maximum Gasteiger partial charge on any atom is 0.224 e. The standard InChI is InChI=1S/C34H45N5O/c40-34(19-23-36-24-26-37(27-25-36)33-18-10-11-20-35-33)39-22-13-4-2-1-3-12-21-38(28-30-14-6-5-7-15-30)32-17-9-8-16-31(32)29-39/h5-11,14-18,20H,1-4,12-13,19,21-29H2. The van der Waals surface area contributed by atoms with Crippen molar-refractivity contribution in [3.8, 4) is 0 Å². The Kier molecular flexibility index (Phi) is 10.5. The second-order valence-electron chi connectivity index (χ2n) is 11.2. The summed E-state index contributed by atoms with van der Waals surface area (Å²) < 4.78 is 0. The number of rotatable bonds is 6. The summed E-state index contributed by atoms with van der Waals surface area (Å²) in [5, 5.41) is 0. The second-order valence-corrected chi connectivity index (χ2v) is 11.2. The number of amides is 1. The summed E-state index contributed by atoms with van der Waals surface area (Å²) in [4.78, 5) is 27.6. The zero-order valence-electron chi connectivity index (χ0n) is 24.0. The Bertz CT molecular complexity index is 1160. The van der Waals surface area contributed by atoms with E-state index in [0.29, 0.717) is 13.0 Å². The van der Waals surface area contributed by atoms with Crippen LogP contribution in [0.5, 0.6) is 0 Å². The smallest absolute Gasteiger partial charge is 0.224 e. The van der Waals surface area contributed by atoms with Crippen molar-refractivity contribution in [1.29, 1.82) is 0 Å². The number of carbonyl (C=O) groups excluding carboxylic acids is 1. The quantitative estimate of drug-likeness (QED) is 0.385. The first-order chi connectivity index (χ1) is 19.8. The van der Waals surface area contributed by atoms with E-state index in [1.165, 1.54) is 48.9 Å². The molecule has 0 saturated carbocycles. The number of benzene rings is 2. The number of carbonyl (C=O) groups is 1. The highest BCUT2D eigenvalue weighted by atomic mass is 16.2. The molecule has 0 atom stereocenters. The van der Waals surface area contributed by atoms with Crippen molar-refractivity contribution in [1.82, 2.24) is 14.8 Å². The first-order valence-electron chi connectivity index (χ1n) is 15.3. The van der Waals surface area contributed by atoms with Gasteiger partial charge in [0.1, 0.15) is 5.82 Å². The van der Waals surface area contributed by atoms with Gasteiger partial charge < -0.3 is 14.7 Å². The Balaban J connectivity index is 1.24. The van der Waals surface area contributed by atoms with Gasteiger partial charge in [0.25, 0.3) is 0 Å². The molecule has 1 aromatic heterocycles. The van der Waals surface area contributed by atoms with Gasteiger partial charge in [0, 0.05) is 77.2 Å². The van der Waals surface area contributed by atoms with Gasteiger partial charge in [-0.2, -0.15) is 0 Å². The van der Waals surface area contributed by atoms with Crippen molar-refractivity contribution in [3.63, 3.8) is 0 Å². The topological polar surface area (TPSA) is 42.9 Å². The molecule has 40 heavy (non-hydrogen) atoms. The molecular weight excluding hydrogens is 494 g/mol. The summed E-state index contributed by atoms with van der Waals surface area (Å²) in [6.07, 6.45) is 9.74. The monoisotopic (exact) mass is 539 g/mol. The van der Waals surface area contributed by atoms with Crippen LogP contribution in [0.4, 0.5) is 11.5 Å². The predicted molar refractivity (Wildman–Crippen MR) is 165 cm³/mol. The minimum absolute atomic E-state index is 0.284. The van der Waals surface area contributed by atoms with Gasteiger partial charge in [0.15, 0.2) is 0 Å². The molecule has 0 aliphatic carbocycles. The van der Waals surface area contributed by atoms with E-state index < -0.39 is 0 Å². The van der Waals surface area contributed by atoms with Crippen LogP contribution >= 0.6 is 0 Å². The van der Waals surface area contributed by atoms with Gasteiger partial charge in [-0.15, -0.1) is 0 Å². The molecule has 0 radical (unpaired) electrons. The number of aromatic nitrogens is 1. The van der Waals surface area contributed by atoms with Gasteiger partial charge in [-0.1, -0.05) is 80.3 Å². The summed E-state index contributed by atoms with van der Waals surface area (Å²) in [6, 6.07) is 25.6. The number of hydrogen-bond acceptors (Lipinski definition) is 5. The molecule has 1 amide bonds. The molecule has 6 nitrogen and oxygen atoms in total. The van der Waals surface area contributed by atoms with Crippen molar-refractivity contribution in [2.75, 3.05) is 55.6 Å². The van der Waals surface area contributed by atoms with E-state index >= 15 is 0 Å². The van der Waals surface area contributed by atoms with Crippen LogP contribution in [0.1, 0.15) is 56.1 Å². The van der Waals surface area contributed by atoms with Gasteiger partial charge >= 0.3 is 0 Å². The van der Waals surface area contributed by atoms with E-state index in [4.69, 9.17) is 0 Å². The molecule has 0 bridgehead atoms. The molecule has 0 unspecified atom stereocenters. The average molecular weight is 540 g/mol. The van der Waals surface area contributed by atoms with Crippen LogP contribution in [0.2, 0.25) is 0 Å². The van der Waals surface area contributed by atoms with Gasteiger partial charge in [-0.05, 0) is 42.2 Å². The van der Waals surface area contributed by atoms with Crippen LogP contribution < -0.4 is 9.80 Å². The summed E-state index contributed by atoms with van der Waals surface area (Å²) in [7, 11) is 0. The minimum Gasteiger partial charge on any atom is -0.367 e. The third-order valence-electron chi connectivity index (χ3n) is 8.36. The molecule has 3 heterocycles. The zero-order valence-corrected chi connectivity index (χ0v) is 24.0. The Labute approximate surface area is 240 Å². The maximum atomic E-state index is 13.7. The predicted octanol–water partition coefficient (Wildman–Crippen LogP) is 5.98. The highest BCUT2D eigenvalue weighted by Gasteiger charge is 2.22. The van der Waals surface area contributed by atoms with Crippen molar-refractivity contribution >= 4 is 17.4 Å². The maximum absolute atomic E-state index is 13.7. The molecule has 1 saturated heterocycles. The van der Waals surface area contributed by atoms with Gasteiger partial charge in [-0.3, -0.25) is 9.69 Å². The van der Waals surface area contributed by atoms with Gasteiger partial charge in [0.2, 0.25) is 5.91 Å². The third-order valence-corrected chi connectivity index (χ3v) is 8.36. The zero-order chi connectivity index (χ0) is 27.4. The first-order valence-corrected chi connectivity index (χ1v) is 15.3. The largest absolute Gasteiger partial charge is 0.367 e. The van der Waals surface area contributed by atoms with Crippen molar-refractivity contribution in [2.45, 2.75) is 58.0 Å². The van der Waals surface area contributed by atoms with Gasteiger partial charge in [-0.25, -0.2) is 4.98 Å². The molecule has 212 valence electrons. The molecule has 2 aliphatic rings. The van der Waals surface area contributed by atoms with Crippen LogP contribution in [-0.2, 0) is 17.9 Å². The number of hydrogen-bond donors (Lipinski definition) is 0. The normalized spacial score (nSPS) is 17.9. The molecule has 1 fully saturated rings. The Hall–Kier alpha value is -3.38. The lowest BCUT2D eigenvalue weighted by Gasteiger charge is -2.35. The Morgan fingerprint density at radius 1 is 0.700 bits per heavy atom. The highest BCUT2D eigenvalue weighted by molar-refractivity contribution is 5.76. The fourth-order valence-corrected chi connectivity index (χ4v) is 6.00. The number of piperazine rings is 1. The summed E-state index contributed by atoms with van der Waals surface area (Å²) in [5.41, 5.74) is 3.86. The molecule has 5 rings (SSSR count). The lowest BCUT2D eigenvalue weighted by atomic mass is 10.1. The van der Waals surface area contributed by atoms with E-state index in [0.717, 1.165) is 64.6 Å². The van der Waals surface area contributed by atoms with Crippen molar-refractivity contribution < 1.29 is 4.79 Å². The SMILES string of the molecule is O=C(CCN1CCN(c2ccccn2)CC1)N1CCCCCCCCN(Cc2ccccc2)c2ccccc2C1. The number of para-hydroxylation sites is 1. The molecule has 2 aromatic carbocycles. The number of nitrogens with zero attached hydrogens (tertiary/aromatic N) is 5. The van der Waals surface area contributed by atoms with E-state index in [9.17, 15) is 4.79 Å². The minimum atomic E-state index is 0.284. The Morgan fingerprint density at radius 3 is 2.17 bits per heavy atom. The van der Waals surface area contributed by atoms with E-state index in [-0.39, 0.29) is 5.91 Å². The summed E-state index contributed by atoms with van der Waals surface area (Å²) in [5.74, 6) is 1.33. The average Bonchev–Trinajstić information content (AvgIpc) is 3.02. The first kappa shape index (κ1) is 28.2. The van der Waals surface area contributed by atoms with Crippen molar-refractivity contribution in [2.24, 2.45) is 0 Å². The molecule has 3 aromatic rings. The molecule has 0 spiro atoms. The molecule has 0 N–H and O–H groups in total. The van der Waals surface area contributed by atoms with Crippen LogP contribution in [0, 0.1) is 0 Å². The van der Waals surface area contributed by atoms with E-state index in [2.05, 4.69) is 85.2 Å². The lowest BCUT2D eigenvalue weighted by molar-refractivity contribution is -0.132. The third kappa shape index (κ3) is 8.07. The van der Waals surface area contributed by atoms with Crippen LogP contribution in [0.15, 0.2) is 79.0 Å². The van der Waals surface area contributed by atoms with Crippen LogP contribution in [0.3, 0.4) is 0 Å². The second kappa shape index (κ2) is 14.8. The van der Waals surface area contributed by atoms with Crippen molar-refractivity contribution in [3.05, 3.63) is 90.1 Å². The van der Waals surface area contributed by atoms with Crippen LogP contribution in [0.25, 0.3) is 0 Å². The van der Waals surface area contributed by atoms with E-state index in [1.807, 2.05) is 18.3 Å². The van der Waals surface area contributed by atoms with E-state index in [1.54, 1.807) is 0 Å². The number of anilines is 2. The van der Waals surface area contributed by atoms with Gasteiger partial charge in [0.05, 0.1) is 0 Å². The molecule has 6 heteroatoms. The fourth-order valence-electron chi connectivity index (χ4n) is 6.00. The number of fused-ring (bicyclic) bond motifs is 1. The van der Waals surface area contributed by atoms with Crippen LogP contribution in [-0.4, -0.2) is 66.5 Å². The number of pyridine rings is 1. The Morgan fingerprint density at radius 2 is 1.40 bits per heavy atom. The summed E-state index contributed by atoms with van der Waals surface area (Å²) in [6.45, 7) is 8.17. The molecule has 2 aliphatic heterocycles. The summed E-state index contributed by atoms with van der Waals surface area (Å²) >= 11 is 0. The lowest BCUT2D eigenvalue weighted by Crippen LogP contribution is -2.47.